The van der Waals surface area contributed by atoms with Crippen LogP contribution in [0.2, 0.25) is 0 Å². The number of aliphatic imine (C=N–C) groups is 1. The van der Waals surface area contributed by atoms with Crippen molar-refractivity contribution in [1.29, 1.82) is 0 Å². The van der Waals surface area contributed by atoms with Gasteiger partial charge in [-0.05, 0) is 36.8 Å². The Morgan fingerprint density at radius 2 is 1.51 bits per heavy atom. The standard InChI is InChI=1S/C23H37N7O6S/c1-37-11-9-17(21(34)30-18(22(35)36)12-14-6-3-2-4-7-14)29-20(33)16(8-5-10-27-23(25)26)28-19(32)15(24)13-31/h2-4,6-7,15-18,31H,5,8-13,24H2,1H3,(H,28,32)(H,29,33)(H,30,34)(H,35,36)(H4,25,26,27). The molecule has 0 fully saturated rings. The number of hydrogen-bond donors (Lipinski definition) is 8. The number of aliphatic hydroxyl groups excluding tert-OH is 1. The summed E-state index contributed by atoms with van der Waals surface area (Å²) in [4.78, 5) is 54.0. The third kappa shape index (κ3) is 12.4. The molecule has 0 aromatic heterocycles. The molecule has 0 bridgehead atoms. The maximum absolute atomic E-state index is 13.1. The molecule has 13 nitrogen and oxygen atoms in total. The molecule has 0 aliphatic carbocycles. The molecule has 0 aliphatic rings. The monoisotopic (exact) mass is 539 g/mol. The quantitative estimate of drug-likeness (QED) is 0.0609. The number of carbonyl (C=O) groups is 4. The predicted molar refractivity (Wildman–Crippen MR) is 142 cm³/mol. The number of hydrogen-bond acceptors (Lipinski definition) is 8. The molecule has 1 aromatic rings. The Balaban J connectivity index is 2.99. The van der Waals surface area contributed by atoms with Gasteiger partial charge < -0.3 is 43.4 Å². The van der Waals surface area contributed by atoms with E-state index in [4.69, 9.17) is 22.3 Å². The lowest BCUT2D eigenvalue weighted by molar-refractivity contribution is -0.142. The van der Waals surface area contributed by atoms with Crippen LogP contribution in [-0.2, 0) is 25.6 Å². The third-order valence-electron chi connectivity index (χ3n) is 5.25. The van der Waals surface area contributed by atoms with Crippen molar-refractivity contribution in [2.24, 2.45) is 22.2 Å². The van der Waals surface area contributed by atoms with E-state index in [0.29, 0.717) is 12.2 Å². The van der Waals surface area contributed by atoms with Gasteiger partial charge in [-0.2, -0.15) is 11.8 Å². The molecular weight excluding hydrogens is 502 g/mol. The Morgan fingerprint density at radius 1 is 0.946 bits per heavy atom. The Hall–Kier alpha value is -3.36. The number of carboxylic acid groups (broad SMARTS) is 1. The van der Waals surface area contributed by atoms with E-state index in [-0.39, 0.29) is 31.8 Å². The first kappa shape index (κ1) is 31.7. The van der Waals surface area contributed by atoms with Crippen molar-refractivity contribution in [2.75, 3.05) is 25.2 Å². The minimum Gasteiger partial charge on any atom is -0.480 e. The van der Waals surface area contributed by atoms with Crippen molar-refractivity contribution in [3.05, 3.63) is 35.9 Å². The Labute approximate surface area is 220 Å². The van der Waals surface area contributed by atoms with Gasteiger partial charge in [0, 0.05) is 13.0 Å². The van der Waals surface area contributed by atoms with Crippen LogP contribution in [0.15, 0.2) is 35.3 Å². The van der Waals surface area contributed by atoms with Crippen LogP contribution in [0.4, 0.5) is 0 Å². The predicted octanol–water partition coefficient (Wildman–Crippen LogP) is -2.11. The number of nitrogens with zero attached hydrogens (tertiary/aromatic N) is 1. The summed E-state index contributed by atoms with van der Waals surface area (Å²) in [5, 5.41) is 26.4. The first-order chi connectivity index (χ1) is 17.6. The average molecular weight is 540 g/mol. The van der Waals surface area contributed by atoms with E-state index in [1.54, 1.807) is 30.3 Å². The minimum atomic E-state index is -1.24. The highest BCUT2D eigenvalue weighted by molar-refractivity contribution is 7.98. The number of aliphatic carboxylic acids is 1. The van der Waals surface area contributed by atoms with E-state index >= 15 is 0 Å². The van der Waals surface area contributed by atoms with E-state index in [1.807, 2.05) is 6.26 Å². The number of carboxylic acids is 1. The van der Waals surface area contributed by atoms with Gasteiger partial charge in [-0.3, -0.25) is 19.4 Å². The fourth-order valence-corrected chi connectivity index (χ4v) is 3.70. The number of amides is 3. The van der Waals surface area contributed by atoms with E-state index in [0.717, 1.165) is 5.56 Å². The first-order valence-corrected chi connectivity index (χ1v) is 13.1. The fraction of sp³-hybridized carbons (Fsp3) is 0.522. The molecule has 0 saturated heterocycles. The zero-order valence-electron chi connectivity index (χ0n) is 20.8. The second kappa shape index (κ2) is 17.2. The molecule has 0 saturated carbocycles. The maximum atomic E-state index is 13.1. The summed E-state index contributed by atoms with van der Waals surface area (Å²) >= 11 is 1.45. The summed E-state index contributed by atoms with van der Waals surface area (Å²) in [6, 6.07) is 4.24. The Morgan fingerprint density at radius 3 is 2.05 bits per heavy atom. The zero-order chi connectivity index (χ0) is 27.8. The number of benzene rings is 1. The van der Waals surface area contributed by atoms with Crippen molar-refractivity contribution in [3.63, 3.8) is 0 Å². The van der Waals surface area contributed by atoms with Gasteiger partial charge >= 0.3 is 5.97 Å². The lowest BCUT2D eigenvalue weighted by Crippen LogP contribution is -2.57. The van der Waals surface area contributed by atoms with Crippen LogP contribution in [0.5, 0.6) is 0 Å². The molecule has 0 heterocycles. The summed E-state index contributed by atoms with van der Waals surface area (Å²) in [6.07, 6.45) is 2.56. The normalized spacial score (nSPS) is 13.9. The number of rotatable bonds is 17. The highest BCUT2D eigenvalue weighted by Gasteiger charge is 2.30. The molecule has 4 unspecified atom stereocenters. The average Bonchev–Trinajstić information content (AvgIpc) is 2.87. The molecule has 11 N–H and O–H groups in total. The summed E-state index contributed by atoms with van der Waals surface area (Å²) in [5.74, 6) is -2.91. The molecule has 14 heteroatoms. The smallest absolute Gasteiger partial charge is 0.326 e. The van der Waals surface area contributed by atoms with Crippen LogP contribution < -0.4 is 33.2 Å². The SMILES string of the molecule is CSCCC(NC(=O)C(CCCN=C(N)N)NC(=O)C(N)CO)C(=O)NC(Cc1ccccc1)C(=O)O. The van der Waals surface area contributed by atoms with Crippen molar-refractivity contribution >= 4 is 41.4 Å². The molecule has 0 radical (unpaired) electrons. The van der Waals surface area contributed by atoms with E-state index < -0.39 is 54.5 Å². The van der Waals surface area contributed by atoms with Gasteiger partial charge in [0.15, 0.2) is 5.96 Å². The van der Waals surface area contributed by atoms with Gasteiger partial charge in [0.05, 0.1) is 6.61 Å². The van der Waals surface area contributed by atoms with Gasteiger partial charge in [-0.15, -0.1) is 0 Å². The number of nitrogens with two attached hydrogens (primary N) is 3. The van der Waals surface area contributed by atoms with Crippen LogP contribution in [0.3, 0.4) is 0 Å². The van der Waals surface area contributed by atoms with Crippen molar-refractivity contribution in [1.82, 2.24) is 16.0 Å². The molecule has 1 aromatic carbocycles. The van der Waals surface area contributed by atoms with Gasteiger partial charge in [0.1, 0.15) is 24.2 Å². The summed E-state index contributed by atoms with van der Waals surface area (Å²) < 4.78 is 0. The molecule has 3 amide bonds. The molecule has 0 aliphatic heterocycles. The number of nitrogens with one attached hydrogen (secondary N) is 3. The molecule has 4 atom stereocenters. The first-order valence-electron chi connectivity index (χ1n) is 11.7. The van der Waals surface area contributed by atoms with Gasteiger partial charge in [0.25, 0.3) is 0 Å². The van der Waals surface area contributed by atoms with E-state index in [2.05, 4.69) is 20.9 Å². The van der Waals surface area contributed by atoms with Crippen LogP contribution in [0, 0.1) is 0 Å². The molecule has 206 valence electrons. The van der Waals surface area contributed by atoms with Crippen molar-refractivity contribution < 1.29 is 29.4 Å². The van der Waals surface area contributed by atoms with Crippen LogP contribution in [0.25, 0.3) is 0 Å². The number of aliphatic hydroxyl groups is 1. The van der Waals surface area contributed by atoms with E-state index in [1.165, 1.54) is 11.8 Å². The molecular formula is C23H37N7O6S. The van der Waals surface area contributed by atoms with Crippen LogP contribution >= 0.6 is 11.8 Å². The highest BCUT2D eigenvalue weighted by atomic mass is 32.2. The second-order valence-corrected chi connectivity index (χ2v) is 9.22. The lowest BCUT2D eigenvalue weighted by Gasteiger charge is -2.25. The van der Waals surface area contributed by atoms with Crippen LogP contribution in [-0.4, -0.2) is 89.2 Å². The Kier molecular flexibility index (Phi) is 14.7. The summed E-state index contributed by atoms with van der Waals surface area (Å²) in [6.45, 7) is -0.422. The lowest BCUT2D eigenvalue weighted by atomic mass is 10.0. The minimum absolute atomic E-state index is 0.0631. The number of guanidine groups is 1. The van der Waals surface area contributed by atoms with E-state index in [9.17, 15) is 24.3 Å². The van der Waals surface area contributed by atoms with Gasteiger partial charge in [-0.25, -0.2) is 4.79 Å². The number of thioether (sulfide) groups is 1. The fourth-order valence-electron chi connectivity index (χ4n) is 3.23. The third-order valence-corrected chi connectivity index (χ3v) is 5.90. The van der Waals surface area contributed by atoms with Gasteiger partial charge in [0.2, 0.25) is 17.7 Å². The maximum Gasteiger partial charge on any atom is 0.326 e. The molecule has 1 rings (SSSR count). The van der Waals surface area contributed by atoms with Crippen molar-refractivity contribution in [3.8, 4) is 0 Å². The van der Waals surface area contributed by atoms with Gasteiger partial charge in [-0.1, -0.05) is 30.3 Å². The summed E-state index contributed by atoms with van der Waals surface area (Å²) in [5.41, 5.74) is 16.9. The molecule has 37 heavy (non-hydrogen) atoms. The second-order valence-electron chi connectivity index (χ2n) is 8.23. The largest absolute Gasteiger partial charge is 0.480 e. The van der Waals surface area contributed by atoms with Crippen molar-refractivity contribution in [2.45, 2.75) is 49.9 Å². The molecule has 0 spiro atoms. The zero-order valence-corrected chi connectivity index (χ0v) is 21.6. The highest BCUT2D eigenvalue weighted by Crippen LogP contribution is 2.07. The number of carbonyl (C=O) groups excluding carboxylic acids is 3. The topological polar surface area (TPSA) is 235 Å². The Bertz CT molecular complexity index is 914. The van der Waals surface area contributed by atoms with Crippen LogP contribution in [0.1, 0.15) is 24.8 Å². The summed E-state index contributed by atoms with van der Waals surface area (Å²) in [7, 11) is 0.